The van der Waals surface area contributed by atoms with Gasteiger partial charge in [0.05, 0.1) is 12.7 Å². The smallest absolute Gasteiger partial charge is 0.335 e. The van der Waals surface area contributed by atoms with E-state index in [9.17, 15) is 9.59 Å². The van der Waals surface area contributed by atoms with E-state index in [1.165, 1.54) is 18.2 Å². The van der Waals surface area contributed by atoms with Crippen molar-refractivity contribution in [3.63, 3.8) is 0 Å². The van der Waals surface area contributed by atoms with Crippen LogP contribution in [0.15, 0.2) is 46.9 Å². The number of aryl methyl sites for hydroxylation is 1. The number of anilines is 1. The molecule has 0 aliphatic carbocycles. The van der Waals surface area contributed by atoms with Crippen LogP contribution in [0.5, 0.6) is 5.75 Å². The fraction of sp³-hybridized carbons (Fsp3) is 0.105. The summed E-state index contributed by atoms with van der Waals surface area (Å²) in [6.07, 6.45) is 2.94. The van der Waals surface area contributed by atoms with E-state index in [1.807, 2.05) is 12.1 Å². The predicted octanol–water partition coefficient (Wildman–Crippen LogP) is 3.99. The minimum Gasteiger partial charge on any atom is -0.496 e. The molecule has 0 unspecified atom stereocenters. The first kappa shape index (κ1) is 20.6. The maximum absolute atomic E-state index is 12.1. The standard InChI is InChI=1S/C19H17BrN2O4S/c1-11-3-4-13(18(24)25)10-15(11)21-19(27)22-17(23)8-5-12-9-14(20)6-7-16(12)26-2/h3-10H,1-2H3,(H,24,25)(H2,21,22,23,27)/b8-5+. The lowest BCUT2D eigenvalue weighted by Crippen LogP contribution is -2.33. The van der Waals surface area contributed by atoms with E-state index in [2.05, 4.69) is 26.6 Å². The SMILES string of the molecule is COc1ccc(Br)cc1/C=C/C(=O)NC(=S)Nc1cc(C(=O)O)ccc1C. The number of aromatic carboxylic acids is 1. The van der Waals surface area contributed by atoms with E-state index in [0.717, 1.165) is 15.6 Å². The Morgan fingerprint density at radius 3 is 2.63 bits per heavy atom. The highest BCUT2D eigenvalue weighted by atomic mass is 79.9. The zero-order valence-electron chi connectivity index (χ0n) is 14.6. The highest BCUT2D eigenvalue weighted by Gasteiger charge is 2.09. The van der Waals surface area contributed by atoms with Gasteiger partial charge in [-0.1, -0.05) is 22.0 Å². The molecule has 0 spiro atoms. The van der Waals surface area contributed by atoms with Crippen LogP contribution >= 0.6 is 28.1 Å². The molecule has 140 valence electrons. The Kier molecular flexibility index (Phi) is 7.09. The van der Waals surface area contributed by atoms with Gasteiger partial charge < -0.3 is 15.2 Å². The van der Waals surface area contributed by atoms with Gasteiger partial charge in [-0.25, -0.2) is 4.79 Å². The Morgan fingerprint density at radius 1 is 1.22 bits per heavy atom. The second-order valence-electron chi connectivity index (χ2n) is 5.50. The number of hydrogen-bond acceptors (Lipinski definition) is 4. The third kappa shape index (κ3) is 5.90. The number of rotatable bonds is 5. The predicted molar refractivity (Wildman–Crippen MR) is 112 cm³/mol. The normalized spacial score (nSPS) is 10.5. The molecule has 0 aliphatic heterocycles. The average molecular weight is 449 g/mol. The number of amides is 1. The first-order chi connectivity index (χ1) is 12.8. The molecule has 0 atom stereocenters. The summed E-state index contributed by atoms with van der Waals surface area (Å²) in [6, 6.07) is 10.1. The lowest BCUT2D eigenvalue weighted by molar-refractivity contribution is -0.115. The molecule has 3 N–H and O–H groups in total. The lowest BCUT2D eigenvalue weighted by atomic mass is 10.1. The molecule has 0 heterocycles. The fourth-order valence-electron chi connectivity index (χ4n) is 2.20. The summed E-state index contributed by atoms with van der Waals surface area (Å²) in [5, 5.41) is 14.5. The largest absolute Gasteiger partial charge is 0.496 e. The minimum atomic E-state index is -1.04. The highest BCUT2D eigenvalue weighted by Crippen LogP contribution is 2.24. The quantitative estimate of drug-likeness (QED) is 0.473. The van der Waals surface area contributed by atoms with E-state index >= 15 is 0 Å². The summed E-state index contributed by atoms with van der Waals surface area (Å²) < 4.78 is 6.10. The Morgan fingerprint density at radius 2 is 1.96 bits per heavy atom. The third-order valence-corrected chi connectivity index (χ3v) is 4.27. The van der Waals surface area contributed by atoms with Crippen molar-refractivity contribution in [2.75, 3.05) is 12.4 Å². The van der Waals surface area contributed by atoms with Crippen molar-refractivity contribution in [1.29, 1.82) is 0 Å². The molecule has 0 fully saturated rings. The number of nitrogens with one attached hydrogen (secondary N) is 2. The number of benzene rings is 2. The van der Waals surface area contributed by atoms with Crippen molar-refractivity contribution in [3.05, 3.63) is 63.6 Å². The molecule has 0 radical (unpaired) electrons. The monoisotopic (exact) mass is 448 g/mol. The molecule has 1 amide bonds. The van der Waals surface area contributed by atoms with Crippen LogP contribution in [-0.4, -0.2) is 29.2 Å². The van der Waals surface area contributed by atoms with Gasteiger partial charge in [-0.2, -0.15) is 0 Å². The number of hydrogen-bond donors (Lipinski definition) is 3. The van der Waals surface area contributed by atoms with Crippen LogP contribution in [0.3, 0.4) is 0 Å². The summed E-state index contributed by atoms with van der Waals surface area (Å²) in [5.74, 6) is -0.843. The Labute approximate surface area is 170 Å². The van der Waals surface area contributed by atoms with Gasteiger partial charge in [-0.3, -0.25) is 10.1 Å². The van der Waals surface area contributed by atoms with E-state index in [-0.39, 0.29) is 10.7 Å². The molecule has 0 saturated carbocycles. The van der Waals surface area contributed by atoms with Crippen molar-refractivity contribution in [2.24, 2.45) is 0 Å². The van der Waals surface area contributed by atoms with Crippen LogP contribution in [0.2, 0.25) is 0 Å². The van der Waals surface area contributed by atoms with Gasteiger partial charge in [0.1, 0.15) is 5.75 Å². The highest BCUT2D eigenvalue weighted by molar-refractivity contribution is 9.10. The second kappa shape index (κ2) is 9.29. The zero-order valence-corrected chi connectivity index (χ0v) is 17.0. The first-order valence-corrected chi connectivity index (χ1v) is 8.98. The number of carbonyl (C=O) groups excluding carboxylic acids is 1. The van der Waals surface area contributed by atoms with E-state index in [4.69, 9.17) is 22.1 Å². The van der Waals surface area contributed by atoms with Gasteiger partial charge >= 0.3 is 5.97 Å². The Balaban J connectivity index is 2.04. The molecule has 0 bridgehead atoms. The van der Waals surface area contributed by atoms with Gasteiger partial charge in [0.2, 0.25) is 5.91 Å². The molecule has 0 aromatic heterocycles. The molecule has 8 heteroatoms. The molecular weight excluding hydrogens is 432 g/mol. The molecule has 2 aromatic carbocycles. The van der Waals surface area contributed by atoms with Crippen molar-refractivity contribution in [2.45, 2.75) is 6.92 Å². The average Bonchev–Trinajstić information content (AvgIpc) is 2.61. The molecule has 27 heavy (non-hydrogen) atoms. The lowest BCUT2D eigenvalue weighted by Gasteiger charge is -2.11. The van der Waals surface area contributed by atoms with Crippen LogP contribution in [-0.2, 0) is 4.79 Å². The van der Waals surface area contributed by atoms with E-state index < -0.39 is 11.9 Å². The number of carboxylic acids is 1. The Hall–Kier alpha value is -2.71. The van der Waals surface area contributed by atoms with Crippen LogP contribution in [0.4, 0.5) is 5.69 Å². The number of halogens is 1. The summed E-state index contributed by atoms with van der Waals surface area (Å²) >= 11 is 8.49. The van der Waals surface area contributed by atoms with Gasteiger partial charge in [0.25, 0.3) is 0 Å². The van der Waals surface area contributed by atoms with Gasteiger partial charge in [-0.15, -0.1) is 0 Å². The molecule has 0 aliphatic rings. The first-order valence-electron chi connectivity index (χ1n) is 7.77. The summed E-state index contributed by atoms with van der Waals surface area (Å²) in [4.78, 5) is 23.2. The van der Waals surface area contributed by atoms with Crippen molar-refractivity contribution < 1.29 is 19.4 Å². The van der Waals surface area contributed by atoms with E-state index in [1.54, 1.807) is 32.2 Å². The number of ether oxygens (including phenoxy) is 1. The van der Waals surface area contributed by atoms with Crippen molar-refractivity contribution >= 4 is 56.9 Å². The minimum absolute atomic E-state index is 0.0662. The molecule has 2 rings (SSSR count). The van der Waals surface area contributed by atoms with Crippen LogP contribution in [0.25, 0.3) is 6.08 Å². The van der Waals surface area contributed by atoms with E-state index in [0.29, 0.717) is 11.4 Å². The summed E-state index contributed by atoms with van der Waals surface area (Å²) in [6.45, 7) is 1.80. The van der Waals surface area contributed by atoms with Gasteiger partial charge in [-0.05, 0) is 61.1 Å². The number of thiocarbonyl (C=S) groups is 1. The van der Waals surface area contributed by atoms with Crippen molar-refractivity contribution in [1.82, 2.24) is 5.32 Å². The number of methoxy groups -OCH3 is 1. The third-order valence-electron chi connectivity index (χ3n) is 3.58. The maximum Gasteiger partial charge on any atom is 0.335 e. The van der Waals surface area contributed by atoms with Gasteiger partial charge in [0, 0.05) is 21.8 Å². The fourth-order valence-corrected chi connectivity index (χ4v) is 2.79. The topological polar surface area (TPSA) is 87.7 Å². The van der Waals surface area contributed by atoms with Crippen LogP contribution in [0.1, 0.15) is 21.5 Å². The number of carboxylic acid groups (broad SMARTS) is 1. The zero-order chi connectivity index (χ0) is 20.0. The van der Waals surface area contributed by atoms with Crippen LogP contribution < -0.4 is 15.4 Å². The maximum atomic E-state index is 12.1. The molecule has 0 saturated heterocycles. The van der Waals surface area contributed by atoms with Crippen molar-refractivity contribution in [3.8, 4) is 5.75 Å². The van der Waals surface area contributed by atoms with Crippen LogP contribution in [0, 0.1) is 6.92 Å². The molecule has 6 nitrogen and oxygen atoms in total. The molecule has 2 aromatic rings. The summed E-state index contributed by atoms with van der Waals surface area (Å²) in [5.41, 5.74) is 2.16. The Bertz CT molecular complexity index is 928. The second-order valence-corrected chi connectivity index (χ2v) is 6.82. The van der Waals surface area contributed by atoms with Gasteiger partial charge in [0.15, 0.2) is 5.11 Å². The summed E-state index contributed by atoms with van der Waals surface area (Å²) in [7, 11) is 1.55. The molecular formula is C19H17BrN2O4S. The number of carbonyl (C=O) groups is 2.